The minimum atomic E-state index is -0.340. The summed E-state index contributed by atoms with van der Waals surface area (Å²) in [5.41, 5.74) is 2.85. The Labute approximate surface area is 159 Å². The number of amidine groups is 1. The molecule has 2 fully saturated rings. The van der Waals surface area contributed by atoms with Crippen LogP contribution in [0.25, 0.3) is 0 Å². The lowest BCUT2D eigenvalue weighted by molar-refractivity contribution is -0.120. The average molecular weight is 369 g/mol. The van der Waals surface area contributed by atoms with E-state index in [0.29, 0.717) is 37.0 Å². The highest BCUT2D eigenvalue weighted by atomic mass is 16.2. The normalized spacial score (nSPS) is 27.7. The van der Waals surface area contributed by atoms with E-state index in [1.165, 1.54) is 19.3 Å². The smallest absolute Gasteiger partial charge is 0.255 e. The maximum absolute atomic E-state index is 12.9. The zero-order valence-electron chi connectivity index (χ0n) is 15.9. The maximum atomic E-state index is 12.9. The van der Waals surface area contributed by atoms with Gasteiger partial charge in [-0.1, -0.05) is 0 Å². The molecule has 3 atom stereocenters. The van der Waals surface area contributed by atoms with Crippen molar-refractivity contribution in [2.75, 3.05) is 19.0 Å². The molecule has 0 bridgehead atoms. The summed E-state index contributed by atoms with van der Waals surface area (Å²) < 4.78 is 0. The van der Waals surface area contributed by atoms with E-state index in [9.17, 15) is 9.59 Å². The van der Waals surface area contributed by atoms with E-state index in [2.05, 4.69) is 28.6 Å². The van der Waals surface area contributed by atoms with Crippen LogP contribution in [-0.2, 0) is 11.3 Å². The molecule has 1 aromatic carbocycles. The number of anilines is 1. The summed E-state index contributed by atoms with van der Waals surface area (Å²) >= 11 is 0. The fourth-order valence-electron chi connectivity index (χ4n) is 4.75. The molecule has 1 saturated heterocycles. The summed E-state index contributed by atoms with van der Waals surface area (Å²) in [5, 5.41) is 14.1. The number of benzene rings is 1. The second-order valence-corrected chi connectivity index (χ2v) is 7.80. The molecule has 2 amide bonds. The van der Waals surface area contributed by atoms with Crippen LogP contribution >= 0.6 is 0 Å². The van der Waals surface area contributed by atoms with Crippen LogP contribution < -0.4 is 15.5 Å². The second-order valence-electron chi connectivity index (χ2n) is 7.80. The molecule has 3 aliphatic rings. The molecule has 7 nitrogen and oxygen atoms in total. The number of amides is 2. The summed E-state index contributed by atoms with van der Waals surface area (Å²) in [7, 11) is 4.15. The third-order valence-corrected chi connectivity index (χ3v) is 6.30. The number of carbonyl (C=O) groups excluding carboxylic acids is 2. The van der Waals surface area contributed by atoms with Crippen molar-refractivity contribution in [1.82, 2.24) is 15.5 Å². The Hall–Kier alpha value is -2.41. The maximum Gasteiger partial charge on any atom is 0.255 e. The molecular weight excluding hydrogens is 342 g/mol. The Bertz CT molecular complexity index is 793. The molecule has 2 heterocycles. The first-order valence-corrected chi connectivity index (χ1v) is 9.72. The van der Waals surface area contributed by atoms with Gasteiger partial charge in [0.15, 0.2) is 0 Å². The van der Waals surface area contributed by atoms with Crippen LogP contribution in [0, 0.1) is 5.41 Å². The van der Waals surface area contributed by atoms with Crippen LogP contribution in [-0.4, -0.2) is 54.8 Å². The van der Waals surface area contributed by atoms with Crippen LogP contribution in [0.4, 0.5) is 5.69 Å². The number of nitrogens with one attached hydrogen (secondary N) is 3. The van der Waals surface area contributed by atoms with Crippen LogP contribution in [0.3, 0.4) is 0 Å². The van der Waals surface area contributed by atoms with E-state index in [0.717, 1.165) is 11.3 Å². The average Bonchev–Trinajstić information content (AvgIpc) is 3.25. The fraction of sp³-hybridized carbons (Fsp3) is 0.550. The summed E-state index contributed by atoms with van der Waals surface area (Å²) in [5.74, 6) is -0.0494. The van der Waals surface area contributed by atoms with Crippen molar-refractivity contribution in [3.63, 3.8) is 0 Å². The van der Waals surface area contributed by atoms with Crippen LogP contribution in [0.2, 0.25) is 0 Å². The lowest BCUT2D eigenvalue weighted by atomic mass is 10.0. The van der Waals surface area contributed by atoms with Gasteiger partial charge in [0.2, 0.25) is 5.91 Å². The number of likely N-dealkylation sites (N-methyl/N-ethyl adjacent to an activating group) is 2. The Morgan fingerprint density at radius 2 is 2.07 bits per heavy atom. The molecule has 3 N–H and O–H groups in total. The highest BCUT2D eigenvalue weighted by Gasteiger charge is 2.38. The second kappa shape index (κ2) is 6.96. The van der Waals surface area contributed by atoms with Gasteiger partial charge >= 0.3 is 0 Å². The SMILES string of the molecule is CNC1CCCC1N(C)c1ccc2c(c1)CN(C1CCC(=O)NC1=N)C2=O. The zero-order chi connectivity index (χ0) is 19.1. The topological polar surface area (TPSA) is 88.5 Å². The van der Waals surface area contributed by atoms with E-state index in [1.807, 2.05) is 19.2 Å². The lowest BCUT2D eigenvalue weighted by Crippen LogP contribution is -2.52. The highest BCUT2D eigenvalue weighted by molar-refractivity contribution is 6.06. The van der Waals surface area contributed by atoms with Crippen LogP contribution in [0.15, 0.2) is 18.2 Å². The van der Waals surface area contributed by atoms with Gasteiger partial charge < -0.3 is 20.4 Å². The van der Waals surface area contributed by atoms with E-state index < -0.39 is 0 Å². The number of hydrogen-bond donors (Lipinski definition) is 3. The predicted molar refractivity (Wildman–Crippen MR) is 104 cm³/mol. The Morgan fingerprint density at radius 1 is 1.26 bits per heavy atom. The molecule has 0 radical (unpaired) electrons. The molecule has 1 saturated carbocycles. The number of rotatable bonds is 4. The van der Waals surface area contributed by atoms with Gasteiger partial charge in [-0.15, -0.1) is 0 Å². The summed E-state index contributed by atoms with van der Waals surface area (Å²) in [4.78, 5) is 28.4. The van der Waals surface area contributed by atoms with Crippen molar-refractivity contribution >= 4 is 23.3 Å². The Morgan fingerprint density at radius 3 is 2.81 bits per heavy atom. The number of carbonyl (C=O) groups is 2. The van der Waals surface area contributed by atoms with Gasteiger partial charge in [-0.25, -0.2) is 0 Å². The Kier molecular flexibility index (Phi) is 4.63. The molecule has 0 aromatic heterocycles. The van der Waals surface area contributed by atoms with Crippen molar-refractivity contribution in [3.8, 4) is 0 Å². The first-order valence-electron chi connectivity index (χ1n) is 9.72. The van der Waals surface area contributed by atoms with Crippen LogP contribution in [0.5, 0.6) is 0 Å². The van der Waals surface area contributed by atoms with Crippen molar-refractivity contribution in [1.29, 1.82) is 5.41 Å². The number of piperidine rings is 1. The summed E-state index contributed by atoms with van der Waals surface area (Å²) in [6, 6.07) is 6.67. The fourth-order valence-corrected chi connectivity index (χ4v) is 4.75. The molecule has 3 unspecified atom stereocenters. The molecule has 0 spiro atoms. The van der Waals surface area contributed by atoms with Crippen molar-refractivity contribution in [3.05, 3.63) is 29.3 Å². The quantitative estimate of drug-likeness (QED) is 0.750. The first kappa shape index (κ1) is 18.0. The number of hydrogen-bond acceptors (Lipinski definition) is 5. The molecule has 1 aromatic rings. The van der Waals surface area contributed by atoms with Gasteiger partial charge in [0, 0.05) is 43.3 Å². The minimum Gasteiger partial charge on any atom is -0.370 e. The zero-order valence-corrected chi connectivity index (χ0v) is 15.9. The van der Waals surface area contributed by atoms with Gasteiger partial charge in [0.25, 0.3) is 5.91 Å². The molecule has 144 valence electrons. The van der Waals surface area contributed by atoms with E-state index in [1.54, 1.807) is 4.90 Å². The van der Waals surface area contributed by atoms with Crippen LogP contribution in [0.1, 0.15) is 48.0 Å². The number of fused-ring (bicyclic) bond motifs is 1. The summed E-state index contributed by atoms with van der Waals surface area (Å²) in [6.45, 7) is 0.499. The monoisotopic (exact) mass is 369 g/mol. The minimum absolute atomic E-state index is 0.0425. The van der Waals surface area contributed by atoms with Crippen molar-refractivity contribution in [2.24, 2.45) is 0 Å². The van der Waals surface area contributed by atoms with Gasteiger partial charge in [-0.2, -0.15) is 0 Å². The van der Waals surface area contributed by atoms with Gasteiger partial charge in [0.1, 0.15) is 5.84 Å². The molecule has 7 heteroatoms. The van der Waals surface area contributed by atoms with E-state index >= 15 is 0 Å². The lowest BCUT2D eigenvalue weighted by Gasteiger charge is -2.32. The number of nitrogens with zero attached hydrogens (tertiary/aromatic N) is 2. The summed E-state index contributed by atoms with van der Waals surface area (Å²) in [6.07, 6.45) is 4.46. The van der Waals surface area contributed by atoms with Gasteiger partial charge in [-0.3, -0.25) is 15.0 Å². The van der Waals surface area contributed by atoms with E-state index in [-0.39, 0.29) is 23.7 Å². The molecule has 1 aliphatic carbocycles. The first-order chi connectivity index (χ1) is 13.0. The molecule has 2 aliphatic heterocycles. The third-order valence-electron chi connectivity index (χ3n) is 6.30. The largest absolute Gasteiger partial charge is 0.370 e. The molecule has 4 rings (SSSR count). The van der Waals surface area contributed by atoms with Gasteiger partial charge in [-0.05, 0) is 56.5 Å². The van der Waals surface area contributed by atoms with Gasteiger partial charge in [0.05, 0.1) is 6.04 Å². The predicted octanol–water partition coefficient (Wildman–Crippen LogP) is 1.47. The van der Waals surface area contributed by atoms with Crippen molar-refractivity contribution < 1.29 is 9.59 Å². The molecular formula is C20H27N5O2. The molecule has 27 heavy (non-hydrogen) atoms. The highest BCUT2D eigenvalue weighted by Crippen LogP contribution is 2.33. The standard InChI is InChI=1S/C20H27N5O2/c1-22-15-4-3-5-16(15)24(2)13-6-7-14-12(10-13)11-25(20(14)27)17-8-9-18(26)23-19(17)21/h6-7,10,15-17,22H,3-5,8-9,11H2,1-2H3,(H2,21,23,26). The Balaban J connectivity index is 1.54. The third kappa shape index (κ3) is 3.10. The van der Waals surface area contributed by atoms with E-state index in [4.69, 9.17) is 5.41 Å². The van der Waals surface area contributed by atoms with Crippen molar-refractivity contribution in [2.45, 2.75) is 56.8 Å².